The van der Waals surface area contributed by atoms with Gasteiger partial charge < -0.3 is 14.6 Å². The van der Waals surface area contributed by atoms with Gasteiger partial charge in [0.15, 0.2) is 17.3 Å². The number of carbonyl (C=O) groups is 1. The predicted octanol–water partition coefficient (Wildman–Crippen LogP) is 4.40. The van der Waals surface area contributed by atoms with Gasteiger partial charge in [0.05, 0.1) is 13.7 Å². The monoisotopic (exact) mass is 338 g/mol. The van der Waals surface area contributed by atoms with Gasteiger partial charge in [0.25, 0.3) is 0 Å². The number of rotatable bonds is 6. The molecule has 130 valence electrons. The third-order valence-electron chi connectivity index (χ3n) is 4.34. The van der Waals surface area contributed by atoms with E-state index in [2.05, 4.69) is 6.92 Å². The summed E-state index contributed by atoms with van der Waals surface area (Å²) in [5.41, 5.74) is 2.83. The maximum absolute atomic E-state index is 12.5. The summed E-state index contributed by atoms with van der Waals surface area (Å²) in [7, 11) is 1.61. The van der Waals surface area contributed by atoms with Crippen molar-refractivity contribution >= 4 is 11.9 Å². The number of fused-ring (bicyclic) bond motifs is 1. The lowest BCUT2D eigenvalue weighted by Crippen LogP contribution is -1.99. The van der Waals surface area contributed by atoms with Crippen LogP contribution in [0.1, 0.15) is 41.3 Å². The largest absolute Gasteiger partial charge is 0.508 e. The van der Waals surface area contributed by atoms with Gasteiger partial charge in [-0.05, 0) is 36.3 Å². The maximum atomic E-state index is 12.5. The number of benzene rings is 2. The van der Waals surface area contributed by atoms with Crippen LogP contribution < -0.4 is 9.47 Å². The van der Waals surface area contributed by atoms with Crippen LogP contribution in [0.2, 0.25) is 0 Å². The van der Waals surface area contributed by atoms with E-state index in [0.29, 0.717) is 41.2 Å². The lowest BCUT2D eigenvalue weighted by atomic mass is 10.1. The molecule has 1 N–H and O–H groups in total. The van der Waals surface area contributed by atoms with Crippen LogP contribution in [0.4, 0.5) is 0 Å². The average molecular weight is 338 g/mol. The molecule has 0 saturated carbocycles. The van der Waals surface area contributed by atoms with Gasteiger partial charge in [-0.25, -0.2) is 0 Å². The molecular weight excluding hydrogens is 316 g/mol. The highest BCUT2D eigenvalue weighted by molar-refractivity contribution is 6.16. The first-order valence-electron chi connectivity index (χ1n) is 8.51. The van der Waals surface area contributed by atoms with Crippen LogP contribution in [-0.2, 0) is 6.42 Å². The maximum Gasteiger partial charge on any atom is 0.189 e. The summed E-state index contributed by atoms with van der Waals surface area (Å²) < 4.78 is 11.1. The summed E-state index contributed by atoms with van der Waals surface area (Å²) in [6.45, 7) is 2.74. The minimum Gasteiger partial charge on any atom is -0.508 e. The van der Waals surface area contributed by atoms with E-state index in [9.17, 15) is 9.90 Å². The molecule has 3 rings (SSSR count). The Bertz CT molecular complexity index is 821. The molecule has 0 spiro atoms. The molecule has 0 unspecified atom stereocenters. The van der Waals surface area contributed by atoms with E-state index in [0.717, 1.165) is 18.4 Å². The van der Waals surface area contributed by atoms with Crippen LogP contribution in [0.5, 0.6) is 17.2 Å². The number of phenolic OH excluding ortho intramolecular Hbond substituents is 1. The topological polar surface area (TPSA) is 55.8 Å². The highest BCUT2D eigenvalue weighted by Gasteiger charge is 2.26. The lowest BCUT2D eigenvalue weighted by Gasteiger charge is -2.11. The molecule has 25 heavy (non-hydrogen) atoms. The fraction of sp³-hybridized carbons (Fsp3) is 0.286. The minimum atomic E-state index is -0.0323. The molecular formula is C21H22O4. The quantitative estimate of drug-likeness (QED) is 0.626. The minimum absolute atomic E-state index is 0.0323. The Morgan fingerprint density at radius 1 is 1.20 bits per heavy atom. The lowest BCUT2D eigenvalue weighted by molar-refractivity contribution is 0.104. The molecule has 1 aliphatic rings. The molecule has 0 aliphatic heterocycles. The van der Waals surface area contributed by atoms with E-state index >= 15 is 0 Å². The smallest absolute Gasteiger partial charge is 0.189 e. The Morgan fingerprint density at radius 2 is 2.04 bits per heavy atom. The van der Waals surface area contributed by atoms with E-state index in [-0.39, 0.29) is 11.5 Å². The van der Waals surface area contributed by atoms with Gasteiger partial charge in [0.2, 0.25) is 0 Å². The molecule has 0 aromatic heterocycles. The number of phenols is 1. The second-order valence-electron chi connectivity index (χ2n) is 6.09. The molecule has 1 aliphatic carbocycles. The van der Waals surface area contributed by atoms with E-state index in [1.54, 1.807) is 25.3 Å². The summed E-state index contributed by atoms with van der Waals surface area (Å²) in [4.78, 5) is 12.5. The van der Waals surface area contributed by atoms with E-state index in [1.807, 2.05) is 24.3 Å². The predicted molar refractivity (Wildman–Crippen MR) is 97.5 cm³/mol. The van der Waals surface area contributed by atoms with Gasteiger partial charge >= 0.3 is 0 Å². The first-order chi connectivity index (χ1) is 12.1. The van der Waals surface area contributed by atoms with Crippen LogP contribution in [0.15, 0.2) is 42.0 Å². The van der Waals surface area contributed by atoms with E-state index in [4.69, 9.17) is 9.47 Å². The number of hydrogen-bond donors (Lipinski definition) is 1. The first-order valence-corrected chi connectivity index (χ1v) is 8.51. The summed E-state index contributed by atoms with van der Waals surface area (Å²) in [5, 5.41) is 9.95. The van der Waals surface area contributed by atoms with Crippen molar-refractivity contribution in [2.24, 2.45) is 0 Å². The van der Waals surface area contributed by atoms with Gasteiger partial charge in [0.1, 0.15) is 5.75 Å². The van der Waals surface area contributed by atoms with Crippen molar-refractivity contribution in [1.29, 1.82) is 0 Å². The van der Waals surface area contributed by atoms with Gasteiger partial charge in [-0.3, -0.25) is 4.79 Å². The molecule has 0 heterocycles. The number of unbranched alkanes of at least 4 members (excludes halogenated alkanes) is 1. The molecule has 4 heteroatoms. The summed E-state index contributed by atoms with van der Waals surface area (Å²) >= 11 is 0. The number of allylic oxidation sites excluding steroid dienone is 1. The molecule has 0 atom stereocenters. The Hall–Kier alpha value is -2.75. The highest BCUT2D eigenvalue weighted by atomic mass is 16.5. The van der Waals surface area contributed by atoms with Crippen molar-refractivity contribution in [2.75, 3.05) is 13.7 Å². The number of Topliss-reactive ketones (excluding diaryl/α,β-unsaturated/α-hetero) is 1. The van der Waals surface area contributed by atoms with Crippen LogP contribution in [0, 0.1) is 0 Å². The standard InChI is InChI=1S/C21H22O4/c1-3-4-10-25-20-12-14(8-9-19(20)24-2)11-15-13-17-16(21(15)23)6-5-7-18(17)22/h5-9,11-12,22H,3-4,10,13H2,1-2H3/b15-11+. The SMILES string of the molecule is CCCCOc1cc(/C=C2\Cc3c(O)cccc3C2=O)ccc1OC. The molecule has 0 fully saturated rings. The first kappa shape index (κ1) is 17.1. The van der Waals surface area contributed by atoms with Crippen molar-refractivity contribution in [3.05, 3.63) is 58.7 Å². The number of ketones is 1. The van der Waals surface area contributed by atoms with Crippen molar-refractivity contribution in [1.82, 2.24) is 0 Å². The van der Waals surface area contributed by atoms with Crippen molar-refractivity contribution in [3.63, 3.8) is 0 Å². The molecule has 0 radical (unpaired) electrons. The Balaban J connectivity index is 1.88. The second-order valence-corrected chi connectivity index (χ2v) is 6.09. The molecule has 2 aromatic rings. The number of methoxy groups -OCH3 is 1. The van der Waals surface area contributed by atoms with Crippen molar-refractivity contribution in [2.45, 2.75) is 26.2 Å². The van der Waals surface area contributed by atoms with E-state index < -0.39 is 0 Å². The van der Waals surface area contributed by atoms with Crippen LogP contribution in [0.25, 0.3) is 6.08 Å². The van der Waals surface area contributed by atoms with Gasteiger partial charge in [-0.15, -0.1) is 0 Å². The molecule has 0 saturated heterocycles. The molecule has 0 amide bonds. The number of hydrogen-bond acceptors (Lipinski definition) is 4. The summed E-state index contributed by atoms with van der Waals surface area (Å²) in [6, 6.07) is 10.7. The Kier molecular flexibility index (Phi) is 5.08. The molecule has 2 aromatic carbocycles. The zero-order chi connectivity index (χ0) is 17.8. The third-order valence-corrected chi connectivity index (χ3v) is 4.34. The van der Waals surface area contributed by atoms with Gasteiger partial charge in [-0.2, -0.15) is 0 Å². The van der Waals surface area contributed by atoms with Gasteiger partial charge in [0, 0.05) is 23.1 Å². The number of ether oxygens (including phenoxy) is 2. The van der Waals surface area contributed by atoms with E-state index in [1.165, 1.54) is 0 Å². The normalized spacial score (nSPS) is 14.6. The van der Waals surface area contributed by atoms with Crippen LogP contribution in [0.3, 0.4) is 0 Å². The Labute approximate surface area is 147 Å². The zero-order valence-corrected chi connectivity index (χ0v) is 14.5. The van der Waals surface area contributed by atoms with Crippen LogP contribution >= 0.6 is 0 Å². The highest BCUT2D eigenvalue weighted by Crippen LogP contribution is 2.35. The average Bonchev–Trinajstić information content (AvgIpc) is 2.93. The number of carbonyl (C=O) groups excluding carboxylic acids is 1. The summed E-state index contributed by atoms with van der Waals surface area (Å²) in [5.74, 6) is 1.50. The molecule has 4 nitrogen and oxygen atoms in total. The van der Waals surface area contributed by atoms with Crippen LogP contribution in [-0.4, -0.2) is 24.6 Å². The number of aromatic hydroxyl groups is 1. The fourth-order valence-electron chi connectivity index (χ4n) is 2.96. The van der Waals surface area contributed by atoms with Crippen molar-refractivity contribution < 1.29 is 19.4 Å². The summed E-state index contributed by atoms with van der Waals surface area (Å²) in [6.07, 6.45) is 4.33. The van der Waals surface area contributed by atoms with Gasteiger partial charge in [-0.1, -0.05) is 31.5 Å². The zero-order valence-electron chi connectivity index (χ0n) is 14.5. The third kappa shape index (κ3) is 3.53. The van der Waals surface area contributed by atoms with Crippen molar-refractivity contribution in [3.8, 4) is 17.2 Å². The fourth-order valence-corrected chi connectivity index (χ4v) is 2.96. The Morgan fingerprint density at radius 3 is 2.76 bits per heavy atom. The second kappa shape index (κ2) is 7.43. The molecule has 0 bridgehead atoms.